The van der Waals surface area contributed by atoms with Gasteiger partial charge < -0.3 is 5.11 Å². The van der Waals surface area contributed by atoms with Gasteiger partial charge >= 0.3 is 0 Å². The van der Waals surface area contributed by atoms with Gasteiger partial charge in [0, 0.05) is 12.6 Å². The first kappa shape index (κ1) is 14.9. The van der Waals surface area contributed by atoms with Crippen molar-refractivity contribution in [3.63, 3.8) is 0 Å². The summed E-state index contributed by atoms with van der Waals surface area (Å²) in [5.74, 6) is 0.860. The van der Waals surface area contributed by atoms with Gasteiger partial charge in [-0.15, -0.1) is 0 Å². The standard InChI is InChI=1S/C12H25NO3S/c1-11-5-4-6-12(8-7-11)13-17(15,16)10-3-2-9-14/h11-14H,2-10H2,1H3. The van der Waals surface area contributed by atoms with E-state index in [4.69, 9.17) is 5.11 Å². The number of sulfonamides is 1. The summed E-state index contributed by atoms with van der Waals surface area (Å²) in [5.41, 5.74) is 0. The lowest BCUT2D eigenvalue weighted by Gasteiger charge is -2.16. The molecular formula is C12H25NO3S. The normalized spacial score (nSPS) is 26.7. The van der Waals surface area contributed by atoms with Crippen molar-refractivity contribution in [3.8, 4) is 0 Å². The van der Waals surface area contributed by atoms with Crippen molar-refractivity contribution in [2.24, 2.45) is 5.92 Å². The van der Waals surface area contributed by atoms with E-state index in [0.29, 0.717) is 12.8 Å². The highest BCUT2D eigenvalue weighted by Gasteiger charge is 2.20. The fraction of sp³-hybridized carbons (Fsp3) is 1.00. The first-order valence-corrected chi connectivity index (χ1v) is 8.29. The third-order valence-electron chi connectivity index (χ3n) is 3.42. The molecule has 1 saturated carbocycles. The summed E-state index contributed by atoms with van der Waals surface area (Å²) >= 11 is 0. The molecule has 1 aliphatic carbocycles. The minimum absolute atomic E-state index is 0.0659. The summed E-state index contributed by atoms with van der Waals surface area (Å²) in [6.45, 7) is 2.30. The summed E-state index contributed by atoms with van der Waals surface area (Å²) in [7, 11) is -3.15. The highest BCUT2D eigenvalue weighted by atomic mass is 32.2. The van der Waals surface area contributed by atoms with Gasteiger partial charge in [0.1, 0.15) is 0 Å². The highest BCUT2D eigenvalue weighted by molar-refractivity contribution is 7.89. The Bertz CT molecular complexity index is 303. The Hall–Kier alpha value is -0.130. The van der Waals surface area contributed by atoms with E-state index in [1.165, 1.54) is 6.42 Å². The Morgan fingerprint density at radius 3 is 2.65 bits per heavy atom. The average molecular weight is 263 g/mol. The van der Waals surface area contributed by atoms with Gasteiger partial charge in [-0.2, -0.15) is 0 Å². The molecule has 0 aromatic carbocycles. The van der Waals surface area contributed by atoms with Gasteiger partial charge in [0.25, 0.3) is 0 Å². The van der Waals surface area contributed by atoms with Gasteiger partial charge in [0.15, 0.2) is 0 Å². The molecule has 2 unspecified atom stereocenters. The van der Waals surface area contributed by atoms with Crippen LogP contribution in [-0.2, 0) is 10.0 Å². The van der Waals surface area contributed by atoms with Crippen LogP contribution in [-0.4, -0.2) is 31.9 Å². The van der Waals surface area contributed by atoms with Crippen LogP contribution in [0.4, 0.5) is 0 Å². The van der Waals surface area contributed by atoms with Crippen LogP contribution in [0.1, 0.15) is 51.9 Å². The molecule has 0 aliphatic heterocycles. The van der Waals surface area contributed by atoms with Crippen molar-refractivity contribution < 1.29 is 13.5 Å². The van der Waals surface area contributed by atoms with E-state index in [1.54, 1.807) is 0 Å². The van der Waals surface area contributed by atoms with E-state index < -0.39 is 10.0 Å². The maximum Gasteiger partial charge on any atom is 0.211 e. The van der Waals surface area contributed by atoms with Crippen molar-refractivity contribution in [2.75, 3.05) is 12.4 Å². The van der Waals surface area contributed by atoms with Crippen LogP contribution in [0, 0.1) is 5.92 Å². The number of hydrogen-bond acceptors (Lipinski definition) is 3. The zero-order valence-electron chi connectivity index (χ0n) is 10.7. The lowest BCUT2D eigenvalue weighted by Crippen LogP contribution is -2.36. The quantitative estimate of drug-likeness (QED) is 0.565. The maximum atomic E-state index is 11.8. The fourth-order valence-corrected chi connectivity index (χ4v) is 3.77. The third-order valence-corrected chi connectivity index (χ3v) is 4.94. The lowest BCUT2D eigenvalue weighted by atomic mass is 10.0. The summed E-state index contributed by atoms with van der Waals surface area (Å²) in [4.78, 5) is 0. The van der Waals surface area contributed by atoms with Crippen LogP contribution < -0.4 is 4.72 Å². The van der Waals surface area contributed by atoms with Crippen molar-refractivity contribution in [1.82, 2.24) is 4.72 Å². The Labute approximate surface area is 105 Å². The van der Waals surface area contributed by atoms with Crippen LogP contribution in [0.15, 0.2) is 0 Å². The first-order chi connectivity index (χ1) is 8.03. The lowest BCUT2D eigenvalue weighted by molar-refractivity contribution is 0.287. The fourth-order valence-electron chi connectivity index (χ4n) is 2.32. The molecule has 0 heterocycles. The van der Waals surface area contributed by atoms with Crippen LogP contribution in [0.25, 0.3) is 0 Å². The minimum Gasteiger partial charge on any atom is -0.396 e. The molecular weight excluding hydrogens is 238 g/mol. The number of aliphatic hydroxyl groups is 1. The Kier molecular flexibility index (Phi) is 6.44. The highest BCUT2D eigenvalue weighted by Crippen LogP contribution is 2.23. The topological polar surface area (TPSA) is 66.4 Å². The van der Waals surface area contributed by atoms with E-state index in [2.05, 4.69) is 11.6 Å². The smallest absolute Gasteiger partial charge is 0.211 e. The number of nitrogens with one attached hydrogen (secondary N) is 1. The van der Waals surface area contributed by atoms with E-state index >= 15 is 0 Å². The van der Waals surface area contributed by atoms with Crippen molar-refractivity contribution >= 4 is 10.0 Å². The average Bonchev–Trinajstić information content (AvgIpc) is 2.43. The van der Waals surface area contributed by atoms with E-state index in [1.807, 2.05) is 0 Å². The molecule has 4 nitrogen and oxygen atoms in total. The summed E-state index contributed by atoms with van der Waals surface area (Å²) < 4.78 is 26.4. The SMILES string of the molecule is CC1CCCC(NS(=O)(=O)CCCCO)CC1. The summed E-state index contributed by atoms with van der Waals surface area (Å²) in [6.07, 6.45) is 6.46. The van der Waals surface area contributed by atoms with Crippen LogP contribution in [0.3, 0.4) is 0 Å². The van der Waals surface area contributed by atoms with Crippen LogP contribution >= 0.6 is 0 Å². The second-order valence-electron chi connectivity index (χ2n) is 5.18. The molecule has 102 valence electrons. The van der Waals surface area contributed by atoms with Crippen molar-refractivity contribution in [2.45, 2.75) is 57.9 Å². The molecule has 0 radical (unpaired) electrons. The van der Waals surface area contributed by atoms with Crippen molar-refractivity contribution in [1.29, 1.82) is 0 Å². The third kappa shape index (κ3) is 6.38. The van der Waals surface area contributed by atoms with Gasteiger partial charge in [-0.3, -0.25) is 0 Å². The van der Waals surface area contributed by atoms with E-state index in [-0.39, 0.29) is 18.4 Å². The van der Waals surface area contributed by atoms with Crippen LogP contribution in [0.5, 0.6) is 0 Å². The Balaban J connectivity index is 2.35. The molecule has 0 saturated heterocycles. The molecule has 0 aromatic rings. The summed E-state index contributed by atoms with van der Waals surface area (Å²) in [5, 5.41) is 8.64. The number of aliphatic hydroxyl groups excluding tert-OH is 1. The number of unbranched alkanes of at least 4 members (excludes halogenated alkanes) is 1. The molecule has 2 N–H and O–H groups in total. The van der Waals surface area contributed by atoms with Gasteiger partial charge in [0.05, 0.1) is 5.75 Å². The molecule has 1 fully saturated rings. The predicted octanol–water partition coefficient (Wildman–Crippen LogP) is 1.65. The molecule has 0 bridgehead atoms. The largest absolute Gasteiger partial charge is 0.396 e. The van der Waals surface area contributed by atoms with E-state index in [0.717, 1.165) is 31.6 Å². The Morgan fingerprint density at radius 2 is 1.94 bits per heavy atom. The molecule has 1 aliphatic rings. The van der Waals surface area contributed by atoms with Crippen molar-refractivity contribution in [3.05, 3.63) is 0 Å². The molecule has 2 atom stereocenters. The Morgan fingerprint density at radius 1 is 1.18 bits per heavy atom. The predicted molar refractivity (Wildman–Crippen MR) is 69.3 cm³/mol. The molecule has 0 aromatic heterocycles. The molecule has 1 rings (SSSR count). The number of hydrogen-bond donors (Lipinski definition) is 2. The van der Waals surface area contributed by atoms with Gasteiger partial charge in [-0.25, -0.2) is 13.1 Å². The van der Waals surface area contributed by atoms with Gasteiger partial charge in [0.2, 0.25) is 10.0 Å². The minimum atomic E-state index is -3.15. The van der Waals surface area contributed by atoms with Crippen LogP contribution in [0.2, 0.25) is 0 Å². The molecule has 17 heavy (non-hydrogen) atoms. The van der Waals surface area contributed by atoms with Gasteiger partial charge in [-0.05, 0) is 38.0 Å². The molecule has 0 spiro atoms. The zero-order chi connectivity index (χ0) is 12.7. The van der Waals surface area contributed by atoms with E-state index in [9.17, 15) is 8.42 Å². The maximum absolute atomic E-state index is 11.8. The second-order valence-corrected chi connectivity index (χ2v) is 7.05. The monoisotopic (exact) mass is 263 g/mol. The molecule has 0 amide bonds. The second kappa shape index (κ2) is 7.34. The summed E-state index contributed by atoms with van der Waals surface area (Å²) in [6, 6.07) is 0.124. The van der Waals surface area contributed by atoms with Gasteiger partial charge in [-0.1, -0.05) is 19.8 Å². The molecule has 5 heteroatoms. The first-order valence-electron chi connectivity index (χ1n) is 6.64. The zero-order valence-corrected chi connectivity index (χ0v) is 11.5. The number of rotatable bonds is 6.